The lowest BCUT2D eigenvalue weighted by molar-refractivity contribution is 0.419. The van der Waals surface area contributed by atoms with Gasteiger partial charge in [0.15, 0.2) is 5.82 Å². The Bertz CT molecular complexity index is 659. The van der Waals surface area contributed by atoms with Crippen molar-refractivity contribution >= 4 is 5.69 Å². The lowest BCUT2D eigenvalue weighted by Crippen LogP contribution is -2.12. The monoisotopic (exact) mass is 269 g/mol. The summed E-state index contributed by atoms with van der Waals surface area (Å²) in [4.78, 5) is 4.64. The zero-order valence-electron chi connectivity index (χ0n) is 11.9. The van der Waals surface area contributed by atoms with Gasteiger partial charge in [-0.15, -0.1) is 0 Å². The van der Waals surface area contributed by atoms with Crippen molar-refractivity contribution < 1.29 is 4.52 Å². The van der Waals surface area contributed by atoms with E-state index in [-0.39, 0.29) is 0 Å². The first-order chi connectivity index (χ1) is 9.65. The van der Waals surface area contributed by atoms with Crippen molar-refractivity contribution in [1.82, 2.24) is 10.1 Å². The predicted octanol–water partition coefficient (Wildman–Crippen LogP) is 3.61. The average molecular weight is 269 g/mol. The zero-order valence-corrected chi connectivity index (χ0v) is 11.9. The fraction of sp³-hybridized carbons (Fsp3) is 0.500. The quantitative estimate of drug-likeness (QED) is 0.905. The number of fused-ring (bicyclic) bond motifs is 1. The number of hydrogen-bond donors (Lipinski definition) is 1. The molecule has 0 spiro atoms. The predicted molar refractivity (Wildman–Crippen MR) is 77.7 cm³/mol. The first-order valence-corrected chi connectivity index (χ1v) is 7.35. The van der Waals surface area contributed by atoms with Crippen LogP contribution in [0.25, 0.3) is 11.5 Å². The molecule has 4 nitrogen and oxygen atoms in total. The van der Waals surface area contributed by atoms with Crippen LogP contribution >= 0.6 is 0 Å². The molecule has 0 amide bonds. The molecule has 0 radical (unpaired) electrons. The van der Waals surface area contributed by atoms with Crippen molar-refractivity contribution in [2.24, 2.45) is 5.41 Å². The van der Waals surface area contributed by atoms with Crippen LogP contribution < -0.4 is 5.32 Å². The van der Waals surface area contributed by atoms with Gasteiger partial charge in [0.25, 0.3) is 5.89 Å². The van der Waals surface area contributed by atoms with Crippen LogP contribution in [0.5, 0.6) is 0 Å². The van der Waals surface area contributed by atoms with E-state index in [4.69, 9.17) is 4.52 Å². The van der Waals surface area contributed by atoms with Crippen LogP contribution in [0.2, 0.25) is 0 Å². The zero-order chi connectivity index (χ0) is 13.7. The summed E-state index contributed by atoms with van der Waals surface area (Å²) < 4.78 is 5.52. The summed E-state index contributed by atoms with van der Waals surface area (Å²) in [5.74, 6) is 1.99. The molecule has 1 unspecified atom stereocenters. The Labute approximate surface area is 118 Å². The summed E-state index contributed by atoms with van der Waals surface area (Å²) in [6, 6.07) is 6.26. The van der Waals surface area contributed by atoms with Gasteiger partial charge in [-0.1, -0.05) is 25.1 Å². The van der Waals surface area contributed by atoms with Gasteiger partial charge in [-0.3, -0.25) is 0 Å². The van der Waals surface area contributed by atoms with E-state index in [9.17, 15) is 0 Å². The molecular weight excluding hydrogens is 250 g/mol. The molecule has 104 valence electrons. The number of nitrogens with one attached hydrogen (secondary N) is 1. The largest absolute Gasteiger partial charge is 0.385 e. The van der Waals surface area contributed by atoms with E-state index < -0.39 is 0 Å². The van der Waals surface area contributed by atoms with Gasteiger partial charge in [-0.05, 0) is 42.4 Å². The number of aromatic nitrogens is 2. The lowest BCUT2D eigenvalue weighted by atomic mass is 9.97. The third-order valence-corrected chi connectivity index (χ3v) is 4.59. The molecule has 1 aromatic carbocycles. The molecule has 0 bridgehead atoms. The van der Waals surface area contributed by atoms with Crippen LogP contribution in [0, 0.1) is 5.41 Å². The van der Waals surface area contributed by atoms with Crippen molar-refractivity contribution in [2.75, 3.05) is 11.9 Å². The van der Waals surface area contributed by atoms with Crippen molar-refractivity contribution in [3.05, 3.63) is 29.6 Å². The molecule has 1 aromatic heterocycles. The maximum absolute atomic E-state index is 5.52. The van der Waals surface area contributed by atoms with Gasteiger partial charge in [0.1, 0.15) is 0 Å². The molecular formula is C16H19N3O. The van der Waals surface area contributed by atoms with Gasteiger partial charge in [-0.25, -0.2) is 0 Å². The normalized spacial score (nSPS) is 23.0. The molecule has 0 saturated heterocycles. The first-order valence-electron chi connectivity index (χ1n) is 7.35. The summed E-state index contributed by atoms with van der Waals surface area (Å²) >= 11 is 0. The second kappa shape index (κ2) is 4.08. The molecule has 4 rings (SSSR count). The van der Waals surface area contributed by atoms with Crippen molar-refractivity contribution in [3.8, 4) is 11.5 Å². The van der Waals surface area contributed by atoms with Gasteiger partial charge in [0.05, 0.1) is 0 Å². The molecule has 1 aliphatic heterocycles. The van der Waals surface area contributed by atoms with Crippen LogP contribution in [-0.4, -0.2) is 16.7 Å². The Morgan fingerprint density at radius 2 is 2.20 bits per heavy atom. The standard InChI is InChI=1S/C16H19N3O/c1-16(2)9-12(16)14-18-15(20-19-14)11-5-3-7-13-10(11)6-4-8-17-13/h3,5,7,12,17H,4,6,8-9H2,1-2H3. The molecule has 20 heavy (non-hydrogen) atoms. The van der Waals surface area contributed by atoms with Gasteiger partial charge in [0.2, 0.25) is 0 Å². The fourth-order valence-electron chi connectivity index (χ4n) is 3.10. The molecule has 2 aliphatic rings. The Kier molecular flexibility index (Phi) is 2.43. The highest BCUT2D eigenvalue weighted by molar-refractivity contribution is 5.69. The highest BCUT2D eigenvalue weighted by atomic mass is 16.5. The highest BCUT2D eigenvalue weighted by Crippen LogP contribution is 2.57. The SMILES string of the molecule is CC1(C)CC1c1noc(-c2cccc3c2CCCN3)n1. The smallest absolute Gasteiger partial charge is 0.258 e. The Morgan fingerprint density at radius 1 is 1.35 bits per heavy atom. The van der Waals surface area contributed by atoms with E-state index in [0.29, 0.717) is 17.2 Å². The maximum Gasteiger partial charge on any atom is 0.258 e. The summed E-state index contributed by atoms with van der Waals surface area (Å²) in [5, 5.41) is 7.63. The summed E-state index contributed by atoms with van der Waals surface area (Å²) in [6.45, 7) is 5.55. The Balaban J connectivity index is 1.72. The number of nitrogens with zero attached hydrogens (tertiary/aromatic N) is 2. The van der Waals surface area contributed by atoms with Crippen LogP contribution in [0.4, 0.5) is 5.69 Å². The van der Waals surface area contributed by atoms with Crippen molar-refractivity contribution in [2.45, 2.75) is 39.0 Å². The molecule has 1 N–H and O–H groups in total. The first kappa shape index (κ1) is 11.9. The second-order valence-electron chi connectivity index (χ2n) is 6.57. The van der Waals surface area contributed by atoms with E-state index in [0.717, 1.165) is 37.2 Å². The average Bonchev–Trinajstić information content (AvgIpc) is 2.89. The molecule has 2 heterocycles. The second-order valence-corrected chi connectivity index (χ2v) is 6.57. The highest BCUT2D eigenvalue weighted by Gasteiger charge is 2.49. The van der Waals surface area contributed by atoms with E-state index in [1.807, 2.05) is 0 Å². The lowest BCUT2D eigenvalue weighted by Gasteiger charge is -2.19. The summed E-state index contributed by atoms with van der Waals surface area (Å²) in [6.07, 6.45) is 3.38. The Hall–Kier alpha value is -1.84. The Morgan fingerprint density at radius 3 is 3.00 bits per heavy atom. The van der Waals surface area contributed by atoms with Crippen LogP contribution in [0.15, 0.2) is 22.7 Å². The van der Waals surface area contributed by atoms with Crippen LogP contribution in [-0.2, 0) is 6.42 Å². The summed E-state index contributed by atoms with van der Waals surface area (Å²) in [5.41, 5.74) is 3.94. The molecule has 1 fully saturated rings. The number of rotatable bonds is 2. The van der Waals surface area contributed by atoms with Crippen molar-refractivity contribution in [3.63, 3.8) is 0 Å². The summed E-state index contributed by atoms with van der Waals surface area (Å²) in [7, 11) is 0. The number of hydrogen-bond acceptors (Lipinski definition) is 4. The third-order valence-electron chi connectivity index (χ3n) is 4.59. The molecule has 1 aliphatic carbocycles. The van der Waals surface area contributed by atoms with E-state index in [2.05, 4.69) is 47.5 Å². The maximum atomic E-state index is 5.52. The van der Waals surface area contributed by atoms with E-state index in [1.165, 1.54) is 11.3 Å². The minimum absolute atomic E-state index is 0.332. The van der Waals surface area contributed by atoms with E-state index >= 15 is 0 Å². The van der Waals surface area contributed by atoms with Gasteiger partial charge < -0.3 is 9.84 Å². The number of benzene rings is 1. The van der Waals surface area contributed by atoms with Crippen LogP contribution in [0.3, 0.4) is 0 Å². The number of anilines is 1. The third kappa shape index (κ3) is 1.82. The van der Waals surface area contributed by atoms with Gasteiger partial charge in [0, 0.05) is 23.7 Å². The minimum atomic E-state index is 0.332. The van der Waals surface area contributed by atoms with Crippen molar-refractivity contribution in [1.29, 1.82) is 0 Å². The van der Waals surface area contributed by atoms with Gasteiger partial charge >= 0.3 is 0 Å². The topological polar surface area (TPSA) is 51.0 Å². The molecule has 1 saturated carbocycles. The van der Waals surface area contributed by atoms with Crippen LogP contribution in [0.1, 0.15) is 44.0 Å². The van der Waals surface area contributed by atoms with Gasteiger partial charge in [-0.2, -0.15) is 4.98 Å². The fourth-order valence-corrected chi connectivity index (χ4v) is 3.10. The minimum Gasteiger partial charge on any atom is -0.385 e. The molecule has 4 heteroatoms. The molecule has 2 aromatic rings. The molecule has 1 atom stereocenters. The van der Waals surface area contributed by atoms with E-state index in [1.54, 1.807) is 0 Å².